The summed E-state index contributed by atoms with van der Waals surface area (Å²) < 4.78 is 25.3. The molecule has 0 atom stereocenters. The highest BCUT2D eigenvalue weighted by Crippen LogP contribution is 2.24. The van der Waals surface area contributed by atoms with Crippen molar-refractivity contribution < 1.29 is 8.91 Å². The van der Waals surface area contributed by atoms with E-state index >= 15 is 0 Å². The Morgan fingerprint density at radius 2 is 1.97 bits per heavy atom. The van der Waals surface area contributed by atoms with Gasteiger partial charge in [0.2, 0.25) is 0 Å². The molecule has 0 bridgehead atoms. The minimum atomic E-state index is -2.33. The summed E-state index contributed by atoms with van der Waals surface area (Å²) in [7, 11) is 2.11. The standard InChI is InChI=1S/C22H24N8O/c1-28-7-5-19(6-8-28)30-14-18(12-24-30)22(31)25-21-10-16-9-15(3-4-20(16)26-27-21)17-11-23-29(2)13-17/h3-4,9-14,19H,5-8H2,1-2H3,(H,25,27,31)/i2D3. The van der Waals surface area contributed by atoms with E-state index in [-0.39, 0.29) is 5.91 Å². The molecular formula is C22H24N8O. The number of nitrogens with one attached hydrogen (secondary N) is 1. The molecule has 9 nitrogen and oxygen atoms in total. The molecule has 4 heterocycles. The number of amides is 1. The first-order chi connectivity index (χ1) is 16.3. The highest BCUT2D eigenvalue weighted by atomic mass is 16.1. The zero-order chi connectivity index (χ0) is 23.9. The largest absolute Gasteiger partial charge is 0.306 e. The molecule has 1 aliphatic heterocycles. The van der Waals surface area contributed by atoms with E-state index < -0.39 is 6.98 Å². The van der Waals surface area contributed by atoms with Gasteiger partial charge in [-0.05, 0) is 56.7 Å². The van der Waals surface area contributed by atoms with Gasteiger partial charge in [-0.2, -0.15) is 10.2 Å². The summed E-state index contributed by atoms with van der Waals surface area (Å²) in [5, 5.41) is 20.2. The summed E-state index contributed by atoms with van der Waals surface area (Å²) in [5.41, 5.74) is 2.57. The van der Waals surface area contributed by atoms with E-state index in [0.29, 0.717) is 28.5 Å². The number of hydrogen-bond donors (Lipinski definition) is 1. The number of carbonyl (C=O) groups is 1. The molecule has 1 aromatic carbocycles. The maximum atomic E-state index is 12.8. The van der Waals surface area contributed by atoms with E-state index in [1.165, 1.54) is 12.4 Å². The van der Waals surface area contributed by atoms with E-state index in [4.69, 9.17) is 4.11 Å². The third-order valence-corrected chi connectivity index (χ3v) is 5.67. The number of hydrogen-bond acceptors (Lipinski definition) is 6. The monoisotopic (exact) mass is 419 g/mol. The Bertz CT molecular complexity index is 1340. The molecule has 1 amide bonds. The highest BCUT2D eigenvalue weighted by molar-refractivity contribution is 6.04. The normalized spacial score (nSPS) is 17.3. The minimum Gasteiger partial charge on any atom is -0.306 e. The van der Waals surface area contributed by atoms with E-state index in [2.05, 4.69) is 37.7 Å². The second kappa shape index (κ2) is 7.92. The number of nitrogens with zero attached hydrogens (tertiary/aromatic N) is 7. The van der Waals surface area contributed by atoms with Crippen molar-refractivity contribution >= 4 is 22.6 Å². The van der Waals surface area contributed by atoms with Gasteiger partial charge in [-0.15, -0.1) is 10.2 Å². The fourth-order valence-corrected chi connectivity index (χ4v) is 3.86. The second-order valence-electron chi connectivity index (χ2n) is 7.87. The van der Waals surface area contributed by atoms with Crippen LogP contribution in [0.4, 0.5) is 5.82 Å². The van der Waals surface area contributed by atoms with Crippen LogP contribution in [0.2, 0.25) is 0 Å². The summed E-state index contributed by atoms with van der Waals surface area (Å²) >= 11 is 0. The van der Waals surface area contributed by atoms with Crippen molar-refractivity contribution in [3.05, 3.63) is 54.6 Å². The van der Waals surface area contributed by atoms with Gasteiger partial charge in [0.1, 0.15) is 0 Å². The zero-order valence-electron chi connectivity index (χ0n) is 20.1. The SMILES string of the molecule is [2H]C([2H])([2H])n1cc(-c2ccc3nnc(NC(=O)c4cnn(C5CCN(C)CC5)c4)cc3c2)cn1. The van der Waals surface area contributed by atoms with Gasteiger partial charge in [-0.3, -0.25) is 14.2 Å². The molecule has 0 aliphatic carbocycles. The molecule has 1 N–H and O–H groups in total. The molecule has 1 saturated heterocycles. The first kappa shape index (κ1) is 16.1. The van der Waals surface area contributed by atoms with Crippen molar-refractivity contribution in [2.24, 2.45) is 6.98 Å². The van der Waals surface area contributed by atoms with Crippen LogP contribution in [0.1, 0.15) is 33.4 Å². The van der Waals surface area contributed by atoms with Crippen LogP contribution in [-0.2, 0) is 6.98 Å². The summed E-state index contributed by atoms with van der Waals surface area (Å²) in [6.45, 7) is -0.311. The summed E-state index contributed by atoms with van der Waals surface area (Å²) in [6.07, 6.45) is 8.34. The fourth-order valence-electron chi connectivity index (χ4n) is 3.86. The van der Waals surface area contributed by atoms with Crippen LogP contribution >= 0.6 is 0 Å². The van der Waals surface area contributed by atoms with Crippen molar-refractivity contribution in [3.8, 4) is 11.1 Å². The molecule has 1 aliphatic rings. The molecule has 3 aromatic heterocycles. The number of fused-ring (bicyclic) bond motifs is 1. The molecule has 0 saturated carbocycles. The molecular weight excluding hydrogens is 392 g/mol. The van der Waals surface area contributed by atoms with Crippen molar-refractivity contribution in [2.45, 2.75) is 18.9 Å². The third-order valence-electron chi connectivity index (χ3n) is 5.67. The number of piperidine rings is 1. The van der Waals surface area contributed by atoms with Crippen LogP contribution in [0.15, 0.2) is 49.1 Å². The maximum absolute atomic E-state index is 12.8. The average molecular weight is 420 g/mol. The second-order valence-corrected chi connectivity index (χ2v) is 7.87. The molecule has 9 heteroatoms. The van der Waals surface area contributed by atoms with Crippen molar-refractivity contribution in [3.63, 3.8) is 0 Å². The number of anilines is 1. The zero-order valence-corrected chi connectivity index (χ0v) is 17.1. The quantitative estimate of drug-likeness (QED) is 0.547. The Labute approximate surface area is 183 Å². The molecule has 31 heavy (non-hydrogen) atoms. The Morgan fingerprint density at radius 1 is 1.10 bits per heavy atom. The van der Waals surface area contributed by atoms with Gasteiger partial charge >= 0.3 is 0 Å². The van der Waals surface area contributed by atoms with Crippen LogP contribution < -0.4 is 5.32 Å². The fraction of sp³-hybridized carbons (Fsp3) is 0.318. The number of likely N-dealkylation sites (tertiary alicyclic amines) is 1. The molecule has 1 fully saturated rings. The van der Waals surface area contributed by atoms with Gasteiger partial charge in [0.05, 0.1) is 29.5 Å². The lowest BCUT2D eigenvalue weighted by atomic mass is 10.1. The highest BCUT2D eigenvalue weighted by Gasteiger charge is 2.20. The topological polar surface area (TPSA) is 93.8 Å². The van der Waals surface area contributed by atoms with Crippen LogP contribution in [-0.4, -0.2) is 60.7 Å². The number of aromatic nitrogens is 6. The van der Waals surface area contributed by atoms with Gasteiger partial charge in [-0.25, -0.2) is 0 Å². The number of carbonyl (C=O) groups excluding carboxylic acids is 1. The van der Waals surface area contributed by atoms with Gasteiger partial charge in [0.25, 0.3) is 5.91 Å². The average Bonchev–Trinajstić information content (AvgIpc) is 3.49. The predicted octanol–water partition coefficient (Wildman–Crippen LogP) is 2.75. The molecule has 158 valence electrons. The van der Waals surface area contributed by atoms with Crippen molar-refractivity contribution in [2.75, 3.05) is 25.5 Å². The first-order valence-electron chi connectivity index (χ1n) is 11.6. The maximum Gasteiger partial charge on any atom is 0.260 e. The van der Waals surface area contributed by atoms with Gasteiger partial charge < -0.3 is 10.2 Å². The number of benzene rings is 1. The van der Waals surface area contributed by atoms with Gasteiger partial charge in [0.15, 0.2) is 5.82 Å². The Morgan fingerprint density at radius 3 is 2.77 bits per heavy atom. The summed E-state index contributed by atoms with van der Waals surface area (Å²) in [6, 6.07) is 7.51. The van der Waals surface area contributed by atoms with E-state index in [0.717, 1.165) is 41.6 Å². The smallest absolute Gasteiger partial charge is 0.260 e. The molecule has 0 unspecified atom stereocenters. The summed E-state index contributed by atoms with van der Waals surface area (Å²) in [4.78, 5) is 15.1. The Kier molecular flexibility index (Phi) is 4.12. The molecule has 4 aromatic rings. The van der Waals surface area contributed by atoms with Crippen LogP contribution in [0.5, 0.6) is 0 Å². The number of rotatable bonds is 4. The van der Waals surface area contributed by atoms with Crippen molar-refractivity contribution in [1.82, 2.24) is 34.7 Å². The Balaban J connectivity index is 1.33. The first-order valence-corrected chi connectivity index (χ1v) is 10.1. The minimum absolute atomic E-state index is 0.298. The van der Waals surface area contributed by atoms with Gasteiger partial charge in [0, 0.05) is 34.4 Å². The lowest BCUT2D eigenvalue weighted by Gasteiger charge is -2.28. The van der Waals surface area contributed by atoms with E-state index in [1.807, 2.05) is 16.8 Å². The Hall–Kier alpha value is -3.59. The lowest BCUT2D eigenvalue weighted by Crippen LogP contribution is -2.31. The summed E-state index contributed by atoms with van der Waals surface area (Å²) in [5.74, 6) is 0.0165. The van der Waals surface area contributed by atoms with E-state index in [1.54, 1.807) is 24.5 Å². The van der Waals surface area contributed by atoms with Crippen LogP contribution in [0, 0.1) is 0 Å². The van der Waals surface area contributed by atoms with Crippen LogP contribution in [0.3, 0.4) is 0 Å². The molecule has 0 radical (unpaired) electrons. The van der Waals surface area contributed by atoms with E-state index in [9.17, 15) is 4.79 Å². The third kappa shape index (κ3) is 4.04. The van der Waals surface area contributed by atoms with Crippen LogP contribution in [0.25, 0.3) is 22.0 Å². The molecule has 5 rings (SSSR count). The van der Waals surface area contributed by atoms with Crippen molar-refractivity contribution in [1.29, 1.82) is 0 Å². The number of aryl methyl sites for hydroxylation is 1. The predicted molar refractivity (Wildman–Crippen MR) is 118 cm³/mol. The molecule has 0 spiro atoms. The lowest BCUT2D eigenvalue weighted by molar-refractivity contribution is 0.102. The van der Waals surface area contributed by atoms with Gasteiger partial charge in [-0.1, -0.05) is 6.07 Å².